The van der Waals surface area contributed by atoms with Crippen LogP contribution in [0.4, 0.5) is 0 Å². The summed E-state index contributed by atoms with van der Waals surface area (Å²) in [6, 6.07) is 10.4. The van der Waals surface area contributed by atoms with E-state index < -0.39 is 0 Å². The van der Waals surface area contributed by atoms with Crippen molar-refractivity contribution >= 4 is 0 Å². The lowest BCUT2D eigenvalue weighted by atomic mass is 10.1. The van der Waals surface area contributed by atoms with Crippen LogP contribution in [0.15, 0.2) is 30.3 Å². The average molecular weight is 259 g/mol. The zero-order valence-electron chi connectivity index (χ0n) is 12.0. The molecule has 0 fully saturated rings. The van der Waals surface area contributed by atoms with Crippen LogP contribution >= 0.6 is 0 Å². The number of nitrogens with one attached hydrogen (secondary N) is 1. The molecule has 1 heterocycles. The standard InChI is InChI=1S/C15H21N3O/c1-11-9-13(18(3)17-11)10-16-12(2)14-7-5-6-8-15(14)19-4/h5-9,12,16H,10H2,1-4H3/t12-/m0/s1. The van der Waals surface area contributed by atoms with E-state index in [0.29, 0.717) is 0 Å². The SMILES string of the molecule is COc1ccccc1[C@H](C)NCc1cc(C)nn1C. The first-order chi connectivity index (χ1) is 9.11. The number of benzene rings is 1. The van der Waals surface area contributed by atoms with E-state index in [2.05, 4.69) is 29.5 Å². The Kier molecular flexibility index (Phi) is 4.22. The summed E-state index contributed by atoms with van der Waals surface area (Å²) in [7, 11) is 3.67. The Hall–Kier alpha value is -1.81. The van der Waals surface area contributed by atoms with Crippen LogP contribution in [0.3, 0.4) is 0 Å². The Morgan fingerprint density at radius 1 is 1.37 bits per heavy atom. The molecule has 4 heteroatoms. The lowest BCUT2D eigenvalue weighted by molar-refractivity contribution is 0.401. The molecule has 0 saturated carbocycles. The van der Waals surface area contributed by atoms with Crippen LogP contribution in [0, 0.1) is 6.92 Å². The van der Waals surface area contributed by atoms with Gasteiger partial charge in [-0.1, -0.05) is 18.2 Å². The highest BCUT2D eigenvalue weighted by atomic mass is 16.5. The minimum atomic E-state index is 0.228. The summed E-state index contributed by atoms with van der Waals surface area (Å²) in [6.45, 7) is 4.94. The maximum atomic E-state index is 5.39. The van der Waals surface area contributed by atoms with Crippen LogP contribution in [0.5, 0.6) is 5.75 Å². The number of hydrogen-bond acceptors (Lipinski definition) is 3. The van der Waals surface area contributed by atoms with Crippen LogP contribution in [0.1, 0.15) is 29.9 Å². The predicted molar refractivity (Wildman–Crippen MR) is 76.2 cm³/mol. The molecule has 1 N–H and O–H groups in total. The van der Waals surface area contributed by atoms with Crippen molar-refractivity contribution in [2.24, 2.45) is 7.05 Å². The third kappa shape index (κ3) is 3.15. The predicted octanol–water partition coefficient (Wildman–Crippen LogP) is 2.59. The normalized spacial score (nSPS) is 12.4. The highest BCUT2D eigenvalue weighted by Gasteiger charge is 2.11. The molecular weight excluding hydrogens is 238 g/mol. The van der Waals surface area contributed by atoms with E-state index in [-0.39, 0.29) is 6.04 Å². The zero-order valence-corrected chi connectivity index (χ0v) is 12.0. The van der Waals surface area contributed by atoms with Crippen molar-refractivity contribution in [3.05, 3.63) is 47.3 Å². The van der Waals surface area contributed by atoms with Gasteiger partial charge >= 0.3 is 0 Å². The maximum Gasteiger partial charge on any atom is 0.123 e. The molecule has 1 aromatic heterocycles. The summed E-state index contributed by atoms with van der Waals surface area (Å²) in [5.41, 5.74) is 3.40. The second-order valence-electron chi connectivity index (χ2n) is 4.75. The van der Waals surface area contributed by atoms with Gasteiger partial charge in [0.05, 0.1) is 18.5 Å². The molecule has 0 saturated heterocycles. The molecule has 0 bridgehead atoms. The summed E-state index contributed by atoms with van der Waals surface area (Å²) in [4.78, 5) is 0. The largest absolute Gasteiger partial charge is 0.496 e. The summed E-state index contributed by atoms with van der Waals surface area (Å²) in [5, 5.41) is 7.85. The summed E-state index contributed by atoms with van der Waals surface area (Å²) >= 11 is 0. The molecule has 0 aliphatic rings. The summed E-state index contributed by atoms with van der Waals surface area (Å²) < 4.78 is 7.30. The van der Waals surface area contributed by atoms with Crippen LogP contribution < -0.4 is 10.1 Å². The van der Waals surface area contributed by atoms with Crippen LogP contribution in [-0.4, -0.2) is 16.9 Å². The average Bonchev–Trinajstić information content (AvgIpc) is 2.74. The molecule has 0 unspecified atom stereocenters. The van der Waals surface area contributed by atoms with Crippen molar-refractivity contribution in [1.29, 1.82) is 0 Å². The number of para-hydroxylation sites is 1. The maximum absolute atomic E-state index is 5.39. The van der Waals surface area contributed by atoms with Gasteiger partial charge in [0.25, 0.3) is 0 Å². The van der Waals surface area contributed by atoms with Crippen LogP contribution in [0.2, 0.25) is 0 Å². The molecule has 1 atom stereocenters. The highest BCUT2D eigenvalue weighted by Crippen LogP contribution is 2.24. The highest BCUT2D eigenvalue weighted by molar-refractivity contribution is 5.35. The number of methoxy groups -OCH3 is 1. The van der Waals surface area contributed by atoms with Gasteiger partial charge in [-0.15, -0.1) is 0 Å². The zero-order chi connectivity index (χ0) is 13.8. The van der Waals surface area contributed by atoms with Gasteiger partial charge < -0.3 is 10.1 Å². The number of nitrogens with zero attached hydrogens (tertiary/aromatic N) is 2. The smallest absolute Gasteiger partial charge is 0.123 e. The molecular formula is C15H21N3O. The van der Waals surface area contributed by atoms with Gasteiger partial charge in [-0.2, -0.15) is 5.10 Å². The molecule has 2 rings (SSSR count). The fraction of sp³-hybridized carbons (Fsp3) is 0.400. The quantitative estimate of drug-likeness (QED) is 0.897. The van der Waals surface area contributed by atoms with Gasteiger partial charge in [-0.25, -0.2) is 0 Å². The summed E-state index contributed by atoms with van der Waals surface area (Å²) in [5.74, 6) is 0.920. The van der Waals surface area contributed by atoms with E-state index in [1.54, 1.807) is 7.11 Å². The van der Waals surface area contributed by atoms with Gasteiger partial charge in [0.2, 0.25) is 0 Å². The number of aryl methyl sites for hydroxylation is 2. The molecule has 102 valence electrons. The van der Waals surface area contributed by atoms with E-state index in [4.69, 9.17) is 4.74 Å². The van der Waals surface area contributed by atoms with E-state index in [0.717, 1.165) is 18.0 Å². The van der Waals surface area contributed by atoms with Gasteiger partial charge in [-0.3, -0.25) is 4.68 Å². The van der Waals surface area contributed by atoms with Gasteiger partial charge in [-0.05, 0) is 26.0 Å². The number of ether oxygens (including phenoxy) is 1. The first kappa shape index (κ1) is 13.6. The molecule has 1 aromatic carbocycles. The summed E-state index contributed by atoms with van der Waals surface area (Å²) in [6.07, 6.45) is 0. The third-order valence-corrected chi connectivity index (χ3v) is 3.29. The van der Waals surface area contributed by atoms with E-state index in [9.17, 15) is 0 Å². The lowest BCUT2D eigenvalue weighted by Crippen LogP contribution is -2.20. The minimum absolute atomic E-state index is 0.228. The fourth-order valence-corrected chi connectivity index (χ4v) is 2.22. The molecule has 0 radical (unpaired) electrons. The molecule has 2 aromatic rings. The van der Waals surface area contributed by atoms with E-state index in [1.165, 1.54) is 11.3 Å². The van der Waals surface area contributed by atoms with Crippen molar-refractivity contribution in [1.82, 2.24) is 15.1 Å². The van der Waals surface area contributed by atoms with Crippen LogP contribution in [-0.2, 0) is 13.6 Å². The fourth-order valence-electron chi connectivity index (χ4n) is 2.22. The molecule has 0 spiro atoms. The topological polar surface area (TPSA) is 39.1 Å². The Balaban J connectivity index is 2.05. The molecule has 4 nitrogen and oxygen atoms in total. The van der Waals surface area contributed by atoms with Gasteiger partial charge in [0.15, 0.2) is 0 Å². The molecule has 0 aliphatic carbocycles. The van der Waals surface area contributed by atoms with Crippen molar-refractivity contribution in [2.75, 3.05) is 7.11 Å². The van der Waals surface area contributed by atoms with E-state index in [1.807, 2.05) is 36.9 Å². The Labute approximate surface area is 114 Å². The Morgan fingerprint density at radius 2 is 2.11 bits per heavy atom. The Morgan fingerprint density at radius 3 is 2.74 bits per heavy atom. The monoisotopic (exact) mass is 259 g/mol. The number of aromatic nitrogens is 2. The van der Waals surface area contributed by atoms with Crippen molar-refractivity contribution in [3.63, 3.8) is 0 Å². The molecule has 19 heavy (non-hydrogen) atoms. The first-order valence-corrected chi connectivity index (χ1v) is 6.47. The first-order valence-electron chi connectivity index (χ1n) is 6.47. The third-order valence-electron chi connectivity index (χ3n) is 3.29. The van der Waals surface area contributed by atoms with Crippen molar-refractivity contribution < 1.29 is 4.74 Å². The van der Waals surface area contributed by atoms with Gasteiger partial charge in [0.1, 0.15) is 5.75 Å². The second-order valence-corrected chi connectivity index (χ2v) is 4.75. The van der Waals surface area contributed by atoms with Gasteiger partial charge in [0, 0.05) is 25.2 Å². The molecule has 0 amide bonds. The van der Waals surface area contributed by atoms with E-state index >= 15 is 0 Å². The minimum Gasteiger partial charge on any atom is -0.496 e. The number of rotatable bonds is 5. The number of hydrogen-bond donors (Lipinski definition) is 1. The second kappa shape index (κ2) is 5.89. The van der Waals surface area contributed by atoms with Crippen molar-refractivity contribution in [3.8, 4) is 5.75 Å². The molecule has 0 aliphatic heterocycles. The lowest BCUT2D eigenvalue weighted by Gasteiger charge is -2.17. The van der Waals surface area contributed by atoms with Crippen molar-refractivity contribution in [2.45, 2.75) is 26.4 Å². The van der Waals surface area contributed by atoms with Crippen LogP contribution in [0.25, 0.3) is 0 Å². The Bertz CT molecular complexity index is 548.